The minimum Gasteiger partial charge on any atom is -0.481 e. The Morgan fingerprint density at radius 1 is 1.40 bits per heavy atom. The summed E-state index contributed by atoms with van der Waals surface area (Å²) in [5, 5.41) is 21.8. The molecule has 0 aliphatic carbocycles. The summed E-state index contributed by atoms with van der Waals surface area (Å²) in [6.07, 6.45) is 0. The first kappa shape index (κ1) is 15.5. The second-order valence-corrected chi connectivity index (χ2v) is 4.83. The number of nitrogens with one attached hydrogen (secondary N) is 1. The number of hydrogen-bond donors (Lipinski definition) is 2. The van der Waals surface area contributed by atoms with Gasteiger partial charge in [0.15, 0.2) is 0 Å². The first-order valence-corrected chi connectivity index (χ1v) is 5.60. The molecule has 1 aromatic carbocycles. The minimum atomic E-state index is -1.20. The molecule has 0 fully saturated rings. The summed E-state index contributed by atoms with van der Waals surface area (Å²) in [4.78, 5) is 32.4. The molecule has 108 valence electrons. The number of amides is 1. The van der Waals surface area contributed by atoms with E-state index < -0.39 is 33.7 Å². The number of carboxylic acid groups (broad SMARTS) is 1. The lowest BCUT2D eigenvalue weighted by Crippen LogP contribution is -2.38. The molecule has 0 heterocycles. The SMILES string of the molecule is CC(C)(CNC(=O)c1cc(F)cc([N+](=O)[O-])c1)C(=O)O. The van der Waals surface area contributed by atoms with Crippen LogP contribution >= 0.6 is 0 Å². The van der Waals surface area contributed by atoms with E-state index in [9.17, 15) is 24.1 Å². The van der Waals surface area contributed by atoms with Crippen LogP contribution in [0.3, 0.4) is 0 Å². The van der Waals surface area contributed by atoms with Crippen molar-refractivity contribution in [3.63, 3.8) is 0 Å². The van der Waals surface area contributed by atoms with Gasteiger partial charge < -0.3 is 10.4 Å². The molecule has 1 amide bonds. The zero-order valence-corrected chi connectivity index (χ0v) is 10.8. The normalized spacial score (nSPS) is 10.9. The van der Waals surface area contributed by atoms with Crippen LogP contribution in [-0.2, 0) is 4.79 Å². The highest BCUT2D eigenvalue weighted by Gasteiger charge is 2.28. The molecular weight excluding hydrogens is 271 g/mol. The lowest BCUT2D eigenvalue weighted by atomic mass is 9.94. The fourth-order valence-electron chi connectivity index (χ4n) is 1.29. The van der Waals surface area contributed by atoms with E-state index in [1.807, 2.05) is 0 Å². The summed E-state index contributed by atoms with van der Waals surface area (Å²) in [5.74, 6) is -2.80. The quantitative estimate of drug-likeness (QED) is 0.630. The predicted molar refractivity (Wildman–Crippen MR) is 66.8 cm³/mol. The van der Waals surface area contributed by atoms with Gasteiger partial charge >= 0.3 is 5.97 Å². The maximum atomic E-state index is 13.2. The van der Waals surface area contributed by atoms with Crippen LogP contribution in [0.1, 0.15) is 24.2 Å². The van der Waals surface area contributed by atoms with Crippen molar-refractivity contribution >= 4 is 17.6 Å². The van der Waals surface area contributed by atoms with Gasteiger partial charge in [0.2, 0.25) is 0 Å². The van der Waals surface area contributed by atoms with Crippen molar-refractivity contribution in [1.29, 1.82) is 0 Å². The number of nitro benzene ring substituents is 1. The van der Waals surface area contributed by atoms with Gasteiger partial charge in [0.1, 0.15) is 5.82 Å². The number of carbonyl (C=O) groups is 2. The van der Waals surface area contributed by atoms with E-state index in [2.05, 4.69) is 5.32 Å². The number of halogens is 1. The van der Waals surface area contributed by atoms with Gasteiger partial charge in [0, 0.05) is 18.2 Å². The Morgan fingerprint density at radius 3 is 2.50 bits per heavy atom. The zero-order valence-electron chi connectivity index (χ0n) is 10.8. The van der Waals surface area contributed by atoms with Crippen molar-refractivity contribution in [3.05, 3.63) is 39.7 Å². The number of benzene rings is 1. The third kappa shape index (κ3) is 3.74. The monoisotopic (exact) mass is 284 g/mol. The molecule has 0 aliphatic rings. The molecule has 1 aromatic rings. The topological polar surface area (TPSA) is 110 Å². The average Bonchev–Trinajstić information content (AvgIpc) is 2.35. The van der Waals surface area contributed by atoms with Crippen LogP contribution in [0.5, 0.6) is 0 Å². The van der Waals surface area contributed by atoms with E-state index >= 15 is 0 Å². The van der Waals surface area contributed by atoms with Crippen molar-refractivity contribution in [2.75, 3.05) is 6.54 Å². The highest BCUT2D eigenvalue weighted by molar-refractivity contribution is 5.95. The number of carbonyl (C=O) groups excluding carboxylic acids is 1. The molecule has 20 heavy (non-hydrogen) atoms. The number of rotatable bonds is 5. The Hall–Kier alpha value is -2.51. The summed E-state index contributed by atoms with van der Waals surface area (Å²) < 4.78 is 13.2. The Morgan fingerprint density at radius 2 is 2.00 bits per heavy atom. The van der Waals surface area contributed by atoms with E-state index in [0.29, 0.717) is 6.07 Å². The van der Waals surface area contributed by atoms with Gasteiger partial charge in [0.25, 0.3) is 11.6 Å². The van der Waals surface area contributed by atoms with Gasteiger partial charge in [0.05, 0.1) is 16.4 Å². The number of non-ortho nitro benzene ring substituents is 1. The van der Waals surface area contributed by atoms with E-state index in [1.54, 1.807) is 0 Å². The summed E-state index contributed by atoms with van der Waals surface area (Å²) in [5.41, 5.74) is -1.99. The third-order valence-electron chi connectivity index (χ3n) is 2.63. The van der Waals surface area contributed by atoms with Gasteiger partial charge in [-0.25, -0.2) is 4.39 Å². The summed E-state index contributed by atoms with van der Waals surface area (Å²) >= 11 is 0. The molecule has 0 spiro atoms. The van der Waals surface area contributed by atoms with E-state index in [4.69, 9.17) is 5.11 Å². The Bertz CT molecular complexity index is 571. The number of nitrogens with zero attached hydrogens (tertiary/aromatic N) is 1. The van der Waals surface area contributed by atoms with Crippen LogP contribution in [-0.4, -0.2) is 28.5 Å². The van der Waals surface area contributed by atoms with Crippen molar-refractivity contribution < 1.29 is 24.0 Å². The molecule has 2 N–H and O–H groups in total. The molecule has 0 atom stereocenters. The lowest BCUT2D eigenvalue weighted by Gasteiger charge is -2.19. The van der Waals surface area contributed by atoms with Crippen LogP contribution in [0.15, 0.2) is 18.2 Å². The smallest absolute Gasteiger partial charge is 0.310 e. The van der Waals surface area contributed by atoms with Crippen LogP contribution in [0, 0.1) is 21.3 Å². The number of aliphatic carboxylic acids is 1. The second-order valence-electron chi connectivity index (χ2n) is 4.83. The molecular formula is C12H13FN2O5. The fraction of sp³-hybridized carbons (Fsp3) is 0.333. The number of carboxylic acids is 1. The Balaban J connectivity index is 2.88. The van der Waals surface area contributed by atoms with Crippen LogP contribution in [0.4, 0.5) is 10.1 Å². The zero-order chi connectivity index (χ0) is 15.5. The van der Waals surface area contributed by atoms with Crippen LogP contribution < -0.4 is 5.32 Å². The van der Waals surface area contributed by atoms with Crippen LogP contribution in [0.25, 0.3) is 0 Å². The molecule has 0 bridgehead atoms. The third-order valence-corrected chi connectivity index (χ3v) is 2.63. The number of hydrogen-bond acceptors (Lipinski definition) is 4. The molecule has 0 unspecified atom stereocenters. The molecule has 7 nitrogen and oxygen atoms in total. The molecule has 0 aliphatic heterocycles. The van der Waals surface area contributed by atoms with Gasteiger partial charge in [-0.1, -0.05) is 0 Å². The lowest BCUT2D eigenvalue weighted by molar-refractivity contribution is -0.385. The summed E-state index contributed by atoms with van der Waals surface area (Å²) in [6, 6.07) is 2.46. The molecule has 0 radical (unpaired) electrons. The van der Waals surface area contributed by atoms with Gasteiger partial charge in [-0.15, -0.1) is 0 Å². The van der Waals surface area contributed by atoms with Crippen molar-refractivity contribution in [2.45, 2.75) is 13.8 Å². The molecule has 1 rings (SSSR count). The van der Waals surface area contributed by atoms with Gasteiger partial charge in [-0.2, -0.15) is 0 Å². The van der Waals surface area contributed by atoms with Gasteiger partial charge in [-0.3, -0.25) is 19.7 Å². The minimum absolute atomic E-state index is 0.189. The molecule has 0 saturated heterocycles. The second kappa shape index (κ2) is 5.64. The standard InChI is InChI=1S/C12H13FN2O5/c1-12(2,11(17)18)6-14-10(16)7-3-8(13)5-9(4-7)15(19)20/h3-5H,6H2,1-2H3,(H,14,16)(H,17,18). The number of nitro groups is 1. The molecule has 0 saturated carbocycles. The maximum Gasteiger partial charge on any atom is 0.310 e. The highest BCUT2D eigenvalue weighted by Crippen LogP contribution is 2.17. The molecule has 8 heteroatoms. The maximum absolute atomic E-state index is 13.2. The Labute approximate surface area is 113 Å². The van der Waals surface area contributed by atoms with E-state index in [1.165, 1.54) is 13.8 Å². The van der Waals surface area contributed by atoms with E-state index in [0.717, 1.165) is 12.1 Å². The summed E-state index contributed by atoms with van der Waals surface area (Å²) in [7, 11) is 0. The first-order valence-electron chi connectivity index (χ1n) is 5.60. The van der Waals surface area contributed by atoms with Crippen molar-refractivity contribution in [3.8, 4) is 0 Å². The van der Waals surface area contributed by atoms with Crippen molar-refractivity contribution in [2.24, 2.45) is 5.41 Å². The summed E-state index contributed by atoms with van der Waals surface area (Å²) in [6.45, 7) is 2.62. The Kier molecular flexibility index (Phi) is 4.38. The fourth-order valence-corrected chi connectivity index (χ4v) is 1.29. The van der Waals surface area contributed by atoms with Gasteiger partial charge in [-0.05, 0) is 19.9 Å². The molecule has 0 aromatic heterocycles. The first-order chi connectivity index (χ1) is 9.13. The average molecular weight is 284 g/mol. The largest absolute Gasteiger partial charge is 0.481 e. The van der Waals surface area contributed by atoms with Crippen molar-refractivity contribution in [1.82, 2.24) is 5.32 Å². The van der Waals surface area contributed by atoms with Crippen LogP contribution in [0.2, 0.25) is 0 Å². The highest BCUT2D eigenvalue weighted by atomic mass is 19.1. The predicted octanol–water partition coefficient (Wildman–Crippen LogP) is 1.57. The van der Waals surface area contributed by atoms with E-state index in [-0.39, 0.29) is 12.1 Å².